The van der Waals surface area contributed by atoms with Crippen molar-refractivity contribution >= 4 is 23.4 Å². The van der Waals surface area contributed by atoms with Gasteiger partial charge < -0.3 is 10.6 Å². The maximum absolute atomic E-state index is 13.3. The zero-order valence-corrected chi connectivity index (χ0v) is 20.6. The van der Waals surface area contributed by atoms with Crippen LogP contribution in [-0.2, 0) is 4.79 Å². The number of hydrogen-bond acceptors (Lipinski definition) is 4. The van der Waals surface area contributed by atoms with Crippen LogP contribution >= 0.6 is 0 Å². The van der Waals surface area contributed by atoms with Crippen LogP contribution in [0.5, 0.6) is 0 Å². The average molecular weight is 464 g/mol. The molecule has 0 bridgehead atoms. The van der Waals surface area contributed by atoms with Gasteiger partial charge in [-0.1, -0.05) is 39.8 Å². The Morgan fingerprint density at radius 3 is 2.44 bits per heavy atom. The van der Waals surface area contributed by atoms with Gasteiger partial charge in [0, 0.05) is 24.4 Å². The molecule has 1 aromatic carbocycles. The van der Waals surface area contributed by atoms with Gasteiger partial charge in [0.15, 0.2) is 0 Å². The molecule has 0 radical (unpaired) electrons. The summed E-state index contributed by atoms with van der Waals surface area (Å²) in [5.74, 6) is 0.206. The van der Waals surface area contributed by atoms with Crippen molar-refractivity contribution in [3.05, 3.63) is 84.1 Å². The van der Waals surface area contributed by atoms with E-state index in [1.165, 1.54) is 18.6 Å². The third kappa shape index (κ3) is 6.41. The van der Waals surface area contributed by atoms with E-state index < -0.39 is 0 Å². The Morgan fingerprint density at radius 1 is 1.21 bits per heavy atom. The predicted molar refractivity (Wildman–Crippen MR) is 138 cm³/mol. The molecular formula is C27H34FN5O. The van der Waals surface area contributed by atoms with E-state index in [1.54, 1.807) is 48.4 Å². The second kappa shape index (κ2) is 13.1. The van der Waals surface area contributed by atoms with Gasteiger partial charge in [0.25, 0.3) is 5.91 Å². The van der Waals surface area contributed by atoms with Gasteiger partial charge in [-0.2, -0.15) is 5.10 Å². The van der Waals surface area contributed by atoms with E-state index >= 15 is 0 Å². The van der Waals surface area contributed by atoms with Crippen molar-refractivity contribution in [3.8, 4) is 5.69 Å². The first-order valence-electron chi connectivity index (χ1n) is 11.5. The Labute approximate surface area is 201 Å². The predicted octanol–water partition coefficient (Wildman–Crippen LogP) is 6.18. The second-order valence-corrected chi connectivity index (χ2v) is 7.60. The van der Waals surface area contributed by atoms with Crippen molar-refractivity contribution in [2.24, 2.45) is 0 Å². The molecule has 2 N–H and O–H groups in total. The number of anilines is 1. The number of benzene rings is 1. The van der Waals surface area contributed by atoms with Gasteiger partial charge in [0.1, 0.15) is 11.6 Å². The van der Waals surface area contributed by atoms with Gasteiger partial charge >= 0.3 is 0 Å². The van der Waals surface area contributed by atoms with Gasteiger partial charge in [-0.15, -0.1) is 0 Å². The first-order valence-corrected chi connectivity index (χ1v) is 11.5. The minimum absolute atomic E-state index is 0.170. The molecule has 3 aromatic rings. The number of aromatic nitrogens is 3. The summed E-state index contributed by atoms with van der Waals surface area (Å²) in [4.78, 5) is 17.4. The number of carbonyl (C=O) groups excluding carboxylic acids is 1. The second-order valence-electron chi connectivity index (χ2n) is 7.60. The summed E-state index contributed by atoms with van der Waals surface area (Å²) >= 11 is 0. The van der Waals surface area contributed by atoms with Gasteiger partial charge in [-0.05, 0) is 61.4 Å². The van der Waals surface area contributed by atoms with Crippen LogP contribution in [0.15, 0.2) is 61.4 Å². The lowest BCUT2D eigenvalue weighted by Gasteiger charge is -2.19. The summed E-state index contributed by atoms with van der Waals surface area (Å²) in [5.41, 5.74) is 3.45. The van der Waals surface area contributed by atoms with Crippen LogP contribution < -0.4 is 10.6 Å². The van der Waals surface area contributed by atoms with Crippen molar-refractivity contribution < 1.29 is 9.18 Å². The normalized spacial score (nSPS) is 11.8. The van der Waals surface area contributed by atoms with Crippen LogP contribution in [0.3, 0.4) is 0 Å². The van der Waals surface area contributed by atoms with Crippen molar-refractivity contribution in [3.63, 3.8) is 0 Å². The lowest BCUT2D eigenvalue weighted by atomic mass is 10.0. The van der Waals surface area contributed by atoms with E-state index in [0.717, 1.165) is 17.8 Å². The highest BCUT2D eigenvalue weighted by atomic mass is 19.1. The van der Waals surface area contributed by atoms with Crippen LogP contribution in [0.2, 0.25) is 0 Å². The minimum Gasteiger partial charge on any atom is -0.373 e. The van der Waals surface area contributed by atoms with E-state index in [2.05, 4.69) is 41.1 Å². The first kappa shape index (κ1) is 26.5. The maximum atomic E-state index is 13.3. The molecule has 180 valence electrons. The molecule has 0 saturated heterocycles. The smallest absolute Gasteiger partial charge is 0.252 e. The topological polar surface area (TPSA) is 71.8 Å². The molecular weight excluding hydrogens is 429 g/mol. The highest BCUT2D eigenvalue weighted by molar-refractivity contribution is 6.20. The monoisotopic (exact) mass is 463 g/mol. The maximum Gasteiger partial charge on any atom is 0.252 e. The first-order chi connectivity index (χ1) is 16.4. The van der Waals surface area contributed by atoms with Crippen LogP contribution in [0.4, 0.5) is 10.2 Å². The molecule has 0 saturated carbocycles. The highest BCUT2D eigenvalue weighted by Crippen LogP contribution is 2.26. The molecule has 2 heterocycles. The third-order valence-electron chi connectivity index (χ3n) is 5.05. The summed E-state index contributed by atoms with van der Waals surface area (Å²) in [6.07, 6.45) is 8.71. The van der Waals surface area contributed by atoms with Crippen LogP contribution in [0.25, 0.3) is 17.3 Å². The fraction of sp³-hybridized carbons (Fsp3) is 0.296. The highest BCUT2D eigenvalue weighted by Gasteiger charge is 2.21. The number of pyridine rings is 1. The fourth-order valence-electron chi connectivity index (χ4n) is 3.42. The van der Waals surface area contributed by atoms with Gasteiger partial charge in [0.05, 0.1) is 23.6 Å². The number of rotatable bonds is 8. The Hall–Kier alpha value is -3.74. The fourth-order valence-corrected chi connectivity index (χ4v) is 3.42. The summed E-state index contributed by atoms with van der Waals surface area (Å²) in [7, 11) is 1.80. The molecule has 0 spiro atoms. The number of halogens is 1. The zero-order valence-electron chi connectivity index (χ0n) is 20.6. The quantitative estimate of drug-likeness (QED) is 0.391. The molecule has 0 fully saturated rings. The SMILES string of the molecule is C=Cc1c(/C(=C\C)C(=O)NC(CC)c2ccnc(NC)c2)cnn1-c1ccc(F)cc1.CCC. The summed E-state index contributed by atoms with van der Waals surface area (Å²) in [6, 6.07) is 9.64. The Bertz CT molecular complexity index is 1120. The Kier molecular flexibility index (Phi) is 10.2. The molecule has 0 aliphatic rings. The molecule has 1 amide bonds. The van der Waals surface area contributed by atoms with Crippen molar-refractivity contribution in [1.29, 1.82) is 0 Å². The van der Waals surface area contributed by atoms with Gasteiger partial charge in [-0.3, -0.25) is 4.79 Å². The lowest BCUT2D eigenvalue weighted by Crippen LogP contribution is -2.29. The molecule has 7 heteroatoms. The largest absolute Gasteiger partial charge is 0.373 e. The number of amides is 1. The van der Waals surface area contributed by atoms with Crippen LogP contribution in [0.1, 0.15) is 63.4 Å². The number of hydrogen-bond donors (Lipinski definition) is 2. The van der Waals surface area contributed by atoms with Crippen LogP contribution in [0, 0.1) is 5.82 Å². The standard InChI is InChI=1S/C24H26FN5O.C3H8/c1-5-19(24(31)29-21(6-2)16-12-13-27-23(14-16)26-4)20-15-28-30(22(20)7-3)18-10-8-17(25)9-11-18;1-3-2/h5,7-15,21H,3,6H2,1-2,4H3,(H,26,27)(H,29,31);3H2,1-2H3/b19-5+;. The van der Waals surface area contributed by atoms with Gasteiger partial charge in [0.2, 0.25) is 0 Å². The van der Waals surface area contributed by atoms with Crippen molar-refractivity contribution in [2.45, 2.75) is 46.6 Å². The molecule has 3 rings (SSSR count). The summed E-state index contributed by atoms with van der Waals surface area (Å²) in [5, 5.41) is 10.5. The molecule has 2 aromatic heterocycles. The number of nitrogens with zero attached hydrogens (tertiary/aromatic N) is 3. The van der Waals surface area contributed by atoms with E-state index in [4.69, 9.17) is 0 Å². The van der Waals surface area contributed by atoms with Gasteiger partial charge in [-0.25, -0.2) is 14.1 Å². The third-order valence-corrected chi connectivity index (χ3v) is 5.05. The van der Waals surface area contributed by atoms with E-state index in [9.17, 15) is 9.18 Å². The number of nitrogens with one attached hydrogen (secondary N) is 2. The molecule has 6 nitrogen and oxygen atoms in total. The number of carbonyl (C=O) groups is 1. The summed E-state index contributed by atoms with van der Waals surface area (Å²) < 4.78 is 14.9. The number of allylic oxidation sites excluding steroid dienone is 1. The Morgan fingerprint density at radius 2 is 1.88 bits per heavy atom. The van der Waals surface area contributed by atoms with Crippen molar-refractivity contribution in [1.82, 2.24) is 20.1 Å². The summed E-state index contributed by atoms with van der Waals surface area (Å²) in [6.45, 7) is 12.0. The average Bonchev–Trinajstić information content (AvgIpc) is 3.27. The van der Waals surface area contributed by atoms with E-state index in [0.29, 0.717) is 22.5 Å². The van der Waals surface area contributed by atoms with E-state index in [1.807, 2.05) is 26.0 Å². The molecule has 1 unspecified atom stereocenters. The molecule has 0 aliphatic carbocycles. The zero-order chi connectivity index (χ0) is 25.1. The lowest BCUT2D eigenvalue weighted by molar-refractivity contribution is -0.116. The molecule has 0 aliphatic heterocycles. The Balaban J connectivity index is 0.00000129. The van der Waals surface area contributed by atoms with E-state index in [-0.39, 0.29) is 17.8 Å². The van der Waals surface area contributed by atoms with Crippen molar-refractivity contribution in [2.75, 3.05) is 12.4 Å². The molecule has 34 heavy (non-hydrogen) atoms. The molecule has 1 atom stereocenters. The minimum atomic E-state index is -0.326. The van der Waals surface area contributed by atoms with Crippen LogP contribution in [-0.4, -0.2) is 27.7 Å².